The minimum atomic E-state index is -1.05. The molecule has 25 heavy (non-hydrogen) atoms. The Labute approximate surface area is 152 Å². The molecule has 0 aromatic carbocycles. The van der Waals surface area contributed by atoms with Gasteiger partial charge in [0.1, 0.15) is 5.41 Å². The first-order valence-corrected chi connectivity index (χ1v) is 10.2. The number of nitrogens with one attached hydrogen (secondary N) is 2. The molecule has 1 saturated heterocycles. The Morgan fingerprint density at radius 2 is 0.960 bits per heavy atom. The Morgan fingerprint density at radius 1 is 0.600 bits per heavy atom. The van der Waals surface area contributed by atoms with Crippen LogP contribution >= 0.6 is 0 Å². The van der Waals surface area contributed by atoms with Crippen molar-refractivity contribution >= 4 is 17.8 Å². The Bertz CT molecular complexity index is 397. The predicted octanol–water partition coefficient (Wildman–Crippen LogP) is 4.84. The van der Waals surface area contributed by atoms with Crippen molar-refractivity contribution in [3.05, 3.63) is 0 Å². The van der Waals surface area contributed by atoms with E-state index in [-0.39, 0.29) is 0 Å². The maximum atomic E-state index is 12.5. The van der Waals surface area contributed by atoms with Gasteiger partial charge in [-0.05, 0) is 12.8 Å². The summed E-state index contributed by atoms with van der Waals surface area (Å²) in [7, 11) is 0. The normalized spacial score (nSPS) is 16.6. The highest BCUT2D eigenvalue weighted by Crippen LogP contribution is 2.34. The first kappa shape index (κ1) is 21.7. The van der Waals surface area contributed by atoms with Crippen LogP contribution in [0.2, 0.25) is 0 Å². The number of carbonyl (C=O) groups excluding carboxylic acids is 3. The maximum Gasteiger partial charge on any atom is 0.328 e. The SMILES string of the molecule is CCCCCCCCC1(CCCCCCCC)C(=O)NC(=O)NC1=O. The summed E-state index contributed by atoms with van der Waals surface area (Å²) < 4.78 is 0. The van der Waals surface area contributed by atoms with Crippen molar-refractivity contribution in [2.24, 2.45) is 5.41 Å². The van der Waals surface area contributed by atoms with Crippen molar-refractivity contribution in [1.82, 2.24) is 10.6 Å². The first-order valence-electron chi connectivity index (χ1n) is 10.2. The topological polar surface area (TPSA) is 75.3 Å². The van der Waals surface area contributed by atoms with E-state index in [9.17, 15) is 14.4 Å². The Kier molecular flexibility index (Phi) is 10.4. The molecule has 0 unspecified atom stereocenters. The highest BCUT2D eigenvalue weighted by atomic mass is 16.2. The summed E-state index contributed by atoms with van der Waals surface area (Å²) in [6.45, 7) is 4.37. The zero-order valence-corrected chi connectivity index (χ0v) is 16.1. The average molecular weight is 353 g/mol. The molecule has 0 aromatic rings. The van der Waals surface area contributed by atoms with Crippen LogP contribution in [-0.4, -0.2) is 17.8 Å². The lowest BCUT2D eigenvalue weighted by Crippen LogP contribution is -2.62. The molecular formula is C20H36N2O3. The van der Waals surface area contributed by atoms with Crippen LogP contribution in [0.25, 0.3) is 0 Å². The largest absolute Gasteiger partial charge is 0.328 e. The number of barbiturate groups is 1. The van der Waals surface area contributed by atoms with E-state index in [1.807, 2.05) is 0 Å². The maximum absolute atomic E-state index is 12.5. The van der Waals surface area contributed by atoms with Crippen molar-refractivity contribution in [2.45, 2.75) is 104 Å². The molecule has 144 valence electrons. The zero-order valence-electron chi connectivity index (χ0n) is 16.1. The van der Waals surface area contributed by atoms with E-state index in [0.29, 0.717) is 12.8 Å². The fourth-order valence-corrected chi connectivity index (χ4v) is 3.57. The Hall–Kier alpha value is -1.39. The van der Waals surface area contributed by atoms with Gasteiger partial charge in [0.2, 0.25) is 11.8 Å². The minimum Gasteiger partial charge on any atom is -0.277 e. The fraction of sp³-hybridized carbons (Fsp3) is 0.850. The lowest BCUT2D eigenvalue weighted by molar-refractivity contribution is -0.145. The molecule has 0 atom stereocenters. The van der Waals surface area contributed by atoms with Crippen LogP contribution in [0.3, 0.4) is 0 Å². The molecule has 0 spiro atoms. The van der Waals surface area contributed by atoms with E-state index in [2.05, 4.69) is 24.5 Å². The molecule has 5 nitrogen and oxygen atoms in total. The third-order valence-electron chi connectivity index (χ3n) is 5.24. The van der Waals surface area contributed by atoms with E-state index in [1.165, 1.54) is 38.5 Å². The summed E-state index contributed by atoms with van der Waals surface area (Å²) >= 11 is 0. The second kappa shape index (κ2) is 12.0. The van der Waals surface area contributed by atoms with E-state index < -0.39 is 23.3 Å². The minimum absolute atomic E-state index is 0.400. The van der Waals surface area contributed by atoms with Gasteiger partial charge in [-0.15, -0.1) is 0 Å². The van der Waals surface area contributed by atoms with Gasteiger partial charge in [0.05, 0.1) is 0 Å². The quantitative estimate of drug-likeness (QED) is 0.347. The molecule has 1 aliphatic heterocycles. The van der Waals surface area contributed by atoms with Gasteiger partial charge < -0.3 is 0 Å². The molecule has 1 fully saturated rings. The van der Waals surface area contributed by atoms with Crippen LogP contribution in [0.5, 0.6) is 0 Å². The van der Waals surface area contributed by atoms with Crippen LogP contribution in [0, 0.1) is 5.41 Å². The van der Waals surface area contributed by atoms with Crippen LogP contribution < -0.4 is 10.6 Å². The average Bonchev–Trinajstić information content (AvgIpc) is 2.57. The number of carbonyl (C=O) groups is 3. The summed E-state index contributed by atoms with van der Waals surface area (Å²) in [4.78, 5) is 36.4. The van der Waals surface area contributed by atoms with E-state index in [4.69, 9.17) is 0 Å². The van der Waals surface area contributed by atoms with Crippen LogP contribution in [0.15, 0.2) is 0 Å². The summed E-state index contributed by atoms with van der Waals surface area (Å²) in [5, 5.41) is 4.63. The number of rotatable bonds is 14. The van der Waals surface area contributed by atoms with E-state index in [1.54, 1.807) is 0 Å². The number of hydrogen-bond acceptors (Lipinski definition) is 3. The highest BCUT2D eigenvalue weighted by Gasteiger charge is 2.48. The molecule has 0 saturated carbocycles. The molecule has 0 bridgehead atoms. The molecule has 1 aliphatic rings. The van der Waals surface area contributed by atoms with Crippen LogP contribution in [-0.2, 0) is 9.59 Å². The van der Waals surface area contributed by atoms with E-state index >= 15 is 0 Å². The second-order valence-corrected chi connectivity index (χ2v) is 7.36. The van der Waals surface area contributed by atoms with Crippen LogP contribution in [0.1, 0.15) is 104 Å². The van der Waals surface area contributed by atoms with Gasteiger partial charge in [0.25, 0.3) is 0 Å². The predicted molar refractivity (Wildman–Crippen MR) is 100 cm³/mol. The van der Waals surface area contributed by atoms with Gasteiger partial charge in [0, 0.05) is 0 Å². The third-order valence-corrected chi connectivity index (χ3v) is 5.24. The monoisotopic (exact) mass is 352 g/mol. The molecule has 1 rings (SSSR count). The second-order valence-electron chi connectivity index (χ2n) is 7.36. The molecule has 1 heterocycles. The number of hydrogen-bond donors (Lipinski definition) is 2. The van der Waals surface area contributed by atoms with Crippen molar-refractivity contribution in [2.75, 3.05) is 0 Å². The number of imide groups is 2. The van der Waals surface area contributed by atoms with Gasteiger partial charge in [-0.3, -0.25) is 20.2 Å². The Balaban J connectivity index is 2.53. The third kappa shape index (κ3) is 7.17. The fourth-order valence-electron chi connectivity index (χ4n) is 3.57. The molecule has 5 heteroatoms. The number of urea groups is 1. The zero-order chi connectivity index (χ0) is 18.5. The highest BCUT2D eigenvalue weighted by molar-refractivity contribution is 6.19. The summed E-state index contributed by atoms with van der Waals surface area (Å²) in [6.07, 6.45) is 14.4. The van der Waals surface area contributed by atoms with Gasteiger partial charge >= 0.3 is 6.03 Å². The summed E-state index contributed by atoms with van der Waals surface area (Å²) in [5.74, 6) is -0.799. The molecule has 0 radical (unpaired) electrons. The molecule has 2 N–H and O–H groups in total. The molecule has 4 amide bonds. The summed E-state index contributed by atoms with van der Waals surface area (Å²) in [5.41, 5.74) is -1.05. The lowest BCUT2D eigenvalue weighted by atomic mass is 9.75. The van der Waals surface area contributed by atoms with Gasteiger partial charge in [0.15, 0.2) is 0 Å². The van der Waals surface area contributed by atoms with Crippen LogP contribution in [0.4, 0.5) is 4.79 Å². The van der Waals surface area contributed by atoms with Crippen molar-refractivity contribution in [3.8, 4) is 0 Å². The van der Waals surface area contributed by atoms with Crippen molar-refractivity contribution in [3.63, 3.8) is 0 Å². The molecular weight excluding hydrogens is 316 g/mol. The van der Waals surface area contributed by atoms with Gasteiger partial charge in [-0.2, -0.15) is 0 Å². The Morgan fingerprint density at radius 3 is 1.36 bits per heavy atom. The lowest BCUT2D eigenvalue weighted by Gasteiger charge is -2.34. The smallest absolute Gasteiger partial charge is 0.277 e. The van der Waals surface area contributed by atoms with Gasteiger partial charge in [-0.1, -0.05) is 90.9 Å². The van der Waals surface area contributed by atoms with Gasteiger partial charge in [-0.25, -0.2) is 4.79 Å². The summed E-state index contributed by atoms with van der Waals surface area (Å²) in [6, 6.07) is -0.684. The van der Waals surface area contributed by atoms with Crippen molar-refractivity contribution in [1.29, 1.82) is 0 Å². The first-order chi connectivity index (χ1) is 12.1. The van der Waals surface area contributed by atoms with Crippen molar-refractivity contribution < 1.29 is 14.4 Å². The van der Waals surface area contributed by atoms with E-state index in [0.717, 1.165) is 38.5 Å². The number of amides is 4. The molecule has 0 aromatic heterocycles. The standard InChI is InChI=1S/C20H36N2O3/c1-3-5-7-9-11-13-15-20(16-14-12-10-8-6-4-2)17(23)21-19(25)22-18(20)24/h3-16H2,1-2H3,(H2,21,22,23,24,25). The number of unbranched alkanes of at least 4 members (excludes halogenated alkanes) is 10. The molecule has 0 aliphatic carbocycles.